The average Bonchev–Trinajstić information content (AvgIpc) is 3.01. The lowest BCUT2D eigenvalue weighted by Gasteiger charge is -2.36. The van der Waals surface area contributed by atoms with Crippen LogP contribution in [0.5, 0.6) is 5.75 Å². The Bertz CT molecular complexity index is 1810. The topological polar surface area (TPSA) is 49.9 Å². The summed E-state index contributed by atoms with van der Waals surface area (Å²) in [5.41, 5.74) is 3.91. The second kappa shape index (κ2) is 11.7. The van der Waals surface area contributed by atoms with Crippen LogP contribution in [0.15, 0.2) is 125 Å². The summed E-state index contributed by atoms with van der Waals surface area (Å²) >= 11 is 9.27. The van der Waals surface area contributed by atoms with Gasteiger partial charge in [-0.15, -0.1) is 0 Å². The van der Waals surface area contributed by atoms with Gasteiger partial charge in [-0.05, 0) is 84.0 Å². The molecule has 0 spiro atoms. The van der Waals surface area contributed by atoms with Gasteiger partial charge in [0.2, 0.25) is 0 Å². The van der Waals surface area contributed by atoms with Crippen LogP contribution < -0.4 is 14.5 Å². The van der Waals surface area contributed by atoms with Gasteiger partial charge >= 0.3 is 0 Å². The van der Waals surface area contributed by atoms with Gasteiger partial charge in [-0.25, -0.2) is 0 Å². The monoisotopic (exact) mass is 632 g/mol. The number of thiocarbonyl (C=S) groups is 1. The maximum Gasteiger partial charge on any atom is 0.270 e. The third-order valence-corrected chi connectivity index (χ3v) is 8.06. The van der Waals surface area contributed by atoms with Gasteiger partial charge in [0.1, 0.15) is 17.9 Å². The van der Waals surface area contributed by atoms with E-state index in [1.165, 1.54) is 9.80 Å². The lowest BCUT2D eigenvalue weighted by Crippen LogP contribution is -2.56. The maximum absolute atomic E-state index is 14.0. The van der Waals surface area contributed by atoms with Crippen LogP contribution in [0.3, 0.4) is 0 Å². The van der Waals surface area contributed by atoms with Crippen molar-refractivity contribution in [2.75, 3.05) is 9.80 Å². The van der Waals surface area contributed by atoms with Crippen LogP contribution in [0.2, 0.25) is 0 Å². The third-order valence-electron chi connectivity index (χ3n) is 7.20. The fourth-order valence-electron chi connectivity index (χ4n) is 5.04. The predicted molar refractivity (Wildman–Crippen MR) is 176 cm³/mol. The van der Waals surface area contributed by atoms with Gasteiger partial charge in [0.05, 0.1) is 11.4 Å². The fourth-order valence-corrected chi connectivity index (χ4v) is 5.80. The summed E-state index contributed by atoms with van der Waals surface area (Å²) in [6.45, 7) is 2.39. The number of halogens is 1. The first-order chi connectivity index (χ1) is 20.4. The Hall–Kier alpha value is -4.59. The first-order valence-electron chi connectivity index (χ1n) is 13.4. The molecule has 0 aromatic heterocycles. The van der Waals surface area contributed by atoms with Crippen LogP contribution in [0, 0.1) is 6.92 Å². The first-order valence-corrected chi connectivity index (χ1v) is 14.6. The summed E-state index contributed by atoms with van der Waals surface area (Å²) in [6.07, 6.45) is 1.59. The summed E-state index contributed by atoms with van der Waals surface area (Å²) in [7, 11) is 0. The molecule has 42 heavy (non-hydrogen) atoms. The van der Waals surface area contributed by atoms with Crippen molar-refractivity contribution in [3.05, 3.63) is 142 Å². The lowest BCUT2D eigenvalue weighted by atomic mass is 10.0. The van der Waals surface area contributed by atoms with Crippen LogP contribution in [-0.2, 0) is 16.2 Å². The van der Waals surface area contributed by atoms with Crippen molar-refractivity contribution in [2.45, 2.75) is 13.5 Å². The largest absolute Gasteiger partial charge is 0.488 e. The number of hydrogen-bond acceptors (Lipinski definition) is 4. The van der Waals surface area contributed by atoms with Crippen LogP contribution in [0.4, 0.5) is 11.4 Å². The number of benzene rings is 5. The zero-order chi connectivity index (χ0) is 29.2. The average molecular weight is 634 g/mol. The van der Waals surface area contributed by atoms with Gasteiger partial charge < -0.3 is 4.74 Å². The molecule has 6 rings (SSSR count). The number of amides is 2. The highest BCUT2D eigenvalue weighted by Crippen LogP contribution is 2.33. The molecule has 5 aromatic carbocycles. The van der Waals surface area contributed by atoms with Crippen molar-refractivity contribution in [1.29, 1.82) is 0 Å². The molecule has 0 aliphatic carbocycles. The zero-order valence-electron chi connectivity index (χ0n) is 22.7. The second-order valence-electron chi connectivity index (χ2n) is 9.85. The number of aryl methyl sites for hydroxylation is 1. The molecule has 0 saturated carbocycles. The van der Waals surface area contributed by atoms with Gasteiger partial charge in [0.25, 0.3) is 11.8 Å². The number of carbonyl (C=O) groups excluding carboxylic acids is 2. The molecule has 0 bridgehead atoms. The smallest absolute Gasteiger partial charge is 0.270 e. The normalized spacial score (nSPS) is 13.6. The van der Waals surface area contributed by atoms with Crippen LogP contribution in [-0.4, -0.2) is 16.9 Å². The second-order valence-corrected chi connectivity index (χ2v) is 11.1. The minimum absolute atomic E-state index is 0.0272. The molecule has 1 saturated heterocycles. The number of anilines is 2. The molecule has 1 heterocycles. The molecule has 5 aromatic rings. The minimum Gasteiger partial charge on any atom is -0.488 e. The Balaban J connectivity index is 1.42. The number of nitrogens with zero attached hydrogens (tertiary/aromatic N) is 2. The van der Waals surface area contributed by atoms with Crippen LogP contribution in [0.1, 0.15) is 16.7 Å². The maximum atomic E-state index is 14.0. The molecule has 1 aliphatic rings. The molecule has 0 N–H and O–H groups in total. The molecule has 0 radical (unpaired) electrons. The lowest BCUT2D eigenvalue weighted by molar-refractivity contribution is -0.120. The van der Waals surface area contributed by atoms with E-state index in [-0.39, 0.29) is 10.7 Å². The molecule has 7 heteroatoms. The van der Waals surface area contributed by atoms with Crippen molar-refractivity contribution in [3.63, 3.8) is 0 Å². The molecule has 2 amide bonds. The molecular formula is C35H25BrN2O3S. The number of fused-ring (bicyclic) bond motifs is 1. The van der Waals surface area contributed by atoms with Crippen LogP contribution in [0.25, 0.3) is 16.8 Å². The third kappa shape index (κ3) is 5.24. The predicted octanol–water partition coefficient (Wildman–Crippen LogP) is 8.24. The summed E-state index contributed by atoms with van der Waals surface area (Å²) in [6, 6.07) is 36.1. The molecule has 5 nitrogen and oxygen atoms in total. The number of hydrogen-bond donors (Lipinski definition) is 0. The number of para-hydroxylation sites is 2. The van der Waals surface area contributed by atoms with E-state index in [9.17, 15) is 9.59 Å². The first kappa shape index (κ1) is 27.6. The Morgan fingerprint density at radius 1 is 0.762 bits per heavy atom. The van der Waals surface area contributed by atoms with E-state index in [1.807, 2.05) is 66.7 Å². The molecule has 206 valence electrons. The van der Waals surface area contributed by atoms with Crippen molar-refractivity contribution < 1.29 is 14.3 Å². The van der Waals surface area contributed by atoms with Crippen molar-refractivity contribution >= 4 is 73.3 Å². The van der Waals surface area contributed by atoms with Crippen molar-refractivity contribution in [1.82, 2.24) is 0 Å². The minimum atomic E-state index is -0.501. The molecule has 1 fully saturated rings. The van der Waals surface area contributed by atoms with Gasteiger partial charge in [0.15, 0.2) is 5.11 Å². The van der Waals surface area contributed by atoms with E-state index in [1.54, 1.807) is 30.3 Å². The van der Waals surface area contributed by atoms with E-state index in [2.05, 4.69) is 47.1 Å². The summed E-state index contributed by atoms with van der Waals surface area (Å²) in [5.74, 6) is -0.456. The highest BCUT2D eigenvalue weighted by molar-refractivity contribution is 9.10. The molecular weight excluding hydrogens is 608 g/mol. The Labute approximate surface area is 257 Å². The summed E-state index contributed by atoms with van der Waals surface area (Å²) in [5, 5.41) is 2.35. The Morgan fingerprint density at radius 2 is 1.36 bits per heavy atom. The van der Waals surface area contributed by atoms with Crippen molar-refractivity contribution in [2.24, 2.45) is 0 Å². The van der Waals surface area contributed by atoms with Crippen molar-refractivity contribution in [3.8, 4) is 5.75 Å². The van der Waals surface area contributed by atoms with E-state index < -0.39 is 11.8 Å². The van der Waals surface area contributed by atoms with Gasteiger partial charge in [-0.3, -0.25) is 19.4 Å². The van der Waals surface area contributed by atoms with E-state index in [4.69, 9.17) is 17.0 Å². The number of rotatable bonds is 6. The van der Waals surface area contributed by atoms with E-state index >= 15 is 0 Å². The van der Waals surface area contributed by atoms with E-state index in [0.29, 0.717) is 29.3 Å². The van der Waals surface area contributed by atoms with Crippen LogP contribution >= 0.6 is 28.1 Å². The Kier molecular flexibility index (Phi) is 7.69. The highest BCUT2D eigenvalue weighted by Gasteiger charge is 2.41. The number of ether oxygens (including phenoxy) is 1. The quantitative estimate of drug-likeness (QED) is 0.107. The van der Waals surface area contributed by atoms with Gasteiger partial charge in [-0.2, -0.15) is 0 Å². The van der Waals surface area contributed by atoms with Gasteiger partial charge in [0, 0.05) is 15.6 Å². The Morgan fingerprint density at radius 3 is 2.00 bits per heavy atom. The molecule has 0 atom stereocenters. The highest BCUT2D eigenvalue weighted by atomic mass is 79.9. The molecule has 0 unspecified atom stereocenters. The summed E-state index contributed by atoms with van der Waals surface area (Å²) < 4.78 is 7.17. The zero-order valence-corrected chi connectivity index (χ0v) is 25.1. The fraction of sp³-hybridized carbons (Fsp3) is 0.0571. The SMILES string of the molecule is Cc1ccc2ccccc2c1COc1ccc(Br)cc1C=C1C(=O)N(c2ccccc2)C(=S)N(c2ccccc2)C1=O. The van der Waals surface area contributed by atoms with E-state index in [0.717, 1.165) is 26.4 Å². The number of carbonyl (C=O) groups is 2. The summed E-state index contributed by atoms with van der Waals surface area (Å²) in [4.78, 5) is 30.7. The van der Waals surface area contributed by atoms with Gasteiger partial charge in [-0.1, -0.05) is 88.7 Å². The molecule has 1 aliphatic heterocycles. The standard InChI is InChI=1S/C35H25BrN2O3S/c1-23-16-17-24-10-8-9-15-29(24)31(23)22-41-32-19-18-26(36)20-25(32)21-30-33(39)37(27-11-4-2-5-12-27)35(42)38(34(30)40)28-13-6-3-7-14-28/h2-21H,22H2,1H3.